The second-order valence-corrected chi connectivity index (χ2v) is 9.17. The second-order valence-electron chi connectivity index (χ2n) is 9.17. The van der Waals surface area contributed by atoms with E-state index in [1.54, 1.807) is 0 Å². The molecule has 0 unspecified atom stereocenters. The summed E-state index contributed by atoms with van der Waals surface area (Å²) in [5.41, 5.74) is 9.09. The predicted octanol–water partition coefficient (Wildman–Crippen LogP) is 9.37. The average Bonchev–Trinajstić information content (AvgIpc) is 2.96. The van der Waals surface area contributed by atoms with Gasteiger partial charge in [-0.25, -0.2) is 0 Å². The van der Waals surface area contributed by atoms with Crippen LogP contribution in [-0.4, -0.2) is 6.29 Å². The van der Waals surface area contributed by atoms with Crippen molar-refractivity contribution < 1.29 is 4.79 Å². The third-order valence-electron chi connectivity index (χ3n) is 7.13. The highest BCUT2D eigenvalue weighted by Crippen LogP contribution is 2.44. The number of carbonyl (C=O) groups is 1. The fourth-order valence-electron chi connectivity index (χ4n) is 5.42. The summed E-state index contributed by atoms with van der Waals surface area (Å²) in [4.78, 5) is 11.5. The third kappa shape index (κ3) is 3.70. The van der Waals surface area contributed by atoms with Crippen molar-refractivity contribution in [3.63, 3.8) is 0 Å². The number of fused-ring (bicyclic) bond motifs is 2. The molecule has 0 N–H and O–H groups in total. The second kappa shape index (κ2) is 9.28. The number of aryl methyl sites for hydroxylation is 1. The summed E-state index contributed by atoms with van der Waals surface area (Å²) < 4.78 is 0. The first kappa shape index (κ1) is 22.0. The summed E-state index contributed by atoms with van der Waals surface area (Å²) in [6, 6.07) is 43.1. The first-order chi connectivity index (χ1) is 17.8. The van der Waals surface area contributed by atoms with Crippen LogP contribution in [0.3, 0.4) is 0 Å². The Labute approximate surface area is 211 Å². The molecule has 0 aromatic heterocycles. The molecule has 0 spiro atoms. The van der Waals surface area contributed by atoms with Crippen molar-refractivity contribution in [2.75, 3.05) is 0 Å². The molecule has 0 saturated carbocycles. The molecule has 0 aliphatic rings. The normalized spacial score (nSPS) is 11.1. The molecule has 0 heterocycles. The first-order valence-corrected chi connectivity index (χ1v) is 12.5. The Morgan fingerprint density at radius 2 is 1.00 bits per heavy atom. The Balaban J connectivity index is 1.63. The van der Waals surface area contributed by atoms with Crippen LogP contribution in [-0.2, 0) is 6.42 Å². The highest BCUT2D eigenvalue weighted by atomic mass is 16.1. The molecule has 1 nitrogen and oxygen atoms in total. The molecular formula is C35H26O. The van der Waals surface area contributed by atoms with E-state index in [0.29, 0.717) is 0 Å². The van der Waals surface area contributed by atoms with Crippen LogP contribution in [0.5, 0.6) is 0 Å². The number of rotatable bonds is 5. The minimum Gasteiger partial charge on any atom is -0.298 e. The van der Waals surface area contributed by atoms with Crippen LogP contribution in [0.15, 0.2) is 121 Å². The Hall–Kier alpha value is -4.49. The highest BCUT2D eigenvalue weighted by Gasteiger charge is 2.16. The molecule has 0 aliphatic carbocycles. The number of aldehydes is 1. The van der Waals surface area contributed by atoms with Gasteiger partial charge >= 0.3 is 0 Å². The molecule has 6 aromatic rings. The molecule has 0 atom stereocenters. The van der Waals surface area contributed by atoms with Gasteiger partial charge in [-0.3, -0.25) is 4.79 Å². The number of carbonyl (C=O) groups excluding carboxylic acids is 1. The minimum absolute atomic E-state index is 0.769. The summed E-state index contributed by atoms with van der Waals surface area (Å²) in [7, 11) is 0. The topological polar surface area (TPSA) is 17.1 Å². The maximum Gasteiger partial charge on any atom is 0.150 e. The predicted molar refractivity (Wildman–Crippen MR) is 153 cm³/mol. The monoisotopic (exact) mass is 462 g/mol. The maximum absolute atomic E-state index is 11.5. The van der Waals surface area contributed by atoms with Crippen LogP contribution in [0.2, 0.25) is 0 Å². The fourth-order valence-corrected chi connectivity index (χ4v) is 5.42. The molecule has 6 aromatic carbocycles. The first-order valence-electron chi connectivity index (χ1n) is 12.5. The lowest BCUT2D eigenvalue weighted by molar-refractivity contribution is 0.112. The van der Waals surface area contributed by atoms with Gasteiger partial charge in [0.1, 0.15) is 6.29 Å². The quantitative estimate of drug-likeness (QED) is 0.184. The van der Waals surface area contributed by atoms with E-state index in [4.69, 9.17) is 0 Å². The van der Waals surface area contributed by atoms with Crippen LogP contribution in [0.1, 0.15) is 22.8 Å². The third-order valence-corrected chi connectivity index (χ3v) is 7.13. The zero-order chi connectivity index (χ0) is 24.5. The van der Waals surface area contributed by atoms with Crippen LogP contribution < -0.4 is 0 Å². The number of benzene rings is 6. The SMILES string of the molecule is CCc1cc(-c2cccc(-c3c4ccccc4c(-c4ccccc4)c4ccccc34)c2)ccc1C=O. The lowest BCUT2D eigenvalue weighted by atomic mass is 9.85. The summed E-state index contributed by atoms with van der Waals surface area (Å²) in [6.45, 7) is 2.09. The largest absolute Gasteiger partial charge is 0.298 e. The average molecular weight is 463 g/mol. The van der Waals surface area contributed by atoms with Gasteiger partial charge in [-0.1, -0.05) is 122 Å². The van der Waals surface area contributed by atoms with Crippen LogP contribution in [0, 0.1) is 0 Å². The maximum atomic E-state index is 11.5. The van der Waals surface area contributed by atoms with E-state index in [1.165, 1.54) is 43.8 Å². The standard InChI is InChI=1S/C35H26O/c1-2-24-21-27(19-20-29(24)23-36)26-13-10-14-28(22-26)35-32-17-8-6-15-30(32)34(25-11-4-3-5-12-25)31-16-7-9-18-33(31)35/h3-23H,2H2,1H3. The molecule has 0 bridgehead atoms. The van der Waals surface area contributed by atoms with E-state index in [9.17, 15) is 4.79 Å². The van der Waals surface area contributed by atoms with E-state index in [-0.39, 0.29) is 0 Å². The van der Waals surface area contributed by atoms with Crippen molar-refractivity contribution in [2.45, 2.75) is 13.3 Å². The number of hydrogen-bond acceptors (Lipinski definition) is 1. The molecule has 0 saturated heterocycles. The Morgan fingerprint density at radius 3 is 1.58 bits per heavy atom. The van der Waals surface area contributed by atoms with Crippen molar-refractivity contribution in [1.29, 1.82) is 0 Å². The van der Waals surface area contributed by atoms with Gasteiger partial charge in [-0.05, 0) is 73.0 Å². The van der Waals surface area contributed by atoms with Crippen molar-refractivity contribution in [3.8, 4) is 33.4 Å². The van der Waals surface area contributed by atoms with Gasteiger partial charge < -0.3 is 0 Å². The van der Waals surface area contributed by atoms with Gasteiger partial charge in [0.25, 0.3) is 0 Å². The smallest absolute Gasteiger partial charge is 0.150 e. The summed E-state index contributed by atoms with van der Waals surface area (Å²) in [5, 5.41) is 5.01. The lowest BCUT2D eigenvalue weighted by Crippen LogP contribution is -1.93. The van der Waals surface area contributed by atoms with Gasteiger partial charge in [-0.15, -0.1) is 0 Å². The van der Waals surface area contributed by atoms with Gasteiger partial charge in [-0.2, -0.15) is 0 Å². The fraction of sp³-hybridized carbons (Fsp3) is 0.0571. The molecule has 0 fully saturated rings. The van der Waals surface area contributed by atoms with E-state index in [0.717, 1.165) is 35.0 Å². The van der Waals surface area contributed by atoms with Gasteiger partial charge in [0, 0.05) is 5.56 Å². The van der Waals surface area contributed by atoms with Crippen LogP contribution >= 0.6 is 0 Å². The molecular weight excluding hydrogens is 436 g/mol. The highest BCUT2D eigenvalue weighted by molar-refractivity contribution is 6.21. The van der Waals surface area contributed by atoms with E-state index < -0.39 is 0 Å². The van der Waals surface area contributed by atoms with E-state index >= 15 is 0 Å². The molecule has 36 heavy (non-hydrogen) atoms. The number of hydrogen-bond donors (Lipinski definition) is 0. The van der Waals surface area contributed by atoms with Crippen LogP contribution in [0.25, 0.3) is 54.9 Å². The summed E-state index contributed by atoms with van der Waals surface area (Å²) in [6.07, 6.45) is 1.78. The summed E-state index contributed by atoms with van der Waals surface area (Å²) >= 11 is 0. The Bertz CT molecular complexity index is 1670. The van der Waals surface area contributed by atoms with E-state index in [2.05, 4.69) is 122 Å². The summed E-state index contributed by atoms with van der Waals surface area (Å²) in [5.74, 6) is 0. The van der Waals surface area contributed by atoms with Gasteiger partial charge in [0.05, 0.1) is 0 Å². The molecule has 1 heteroatoms. The van der Waals surface area contributed by atoms with E-state index in [1.807, 2.05) is 6.07 Å². The zero-order valence-electron chi connectivity index (χ0n) is 20.2. The van der Waals surface area contributed by atoms with Crippen molar-refractivity contribution in [3.05, 3.63) is 132 Å². The Morgan fingerprint density at radius 1 is 0.500 bits per heavy atom. The Kier molecular flexibility index (Phi) is 5.67. The molecule has 0 radical (unpaired) electrons. The molecule has 6 rings (SSSR count). The molecule has 0 aliphatic heterocycles. The zero-order valence-corrected chi connectivity index (χ0v) is 20.2. The molecule has 0 amide bonds. The minimum atomic E-state index is 0.769. The van der Waals surface area contributed by atoms with Gasteiger partial charge in [0.2, 0.25) is 0 Å². The van der Waals surface area contributed by atoms with Crippen molar-refractivity contribution in [1.82, 2.24) is 0 Å². The van der Waals surface area contributed by atoms with Gasteiger partial charge in [0.15, 0.2) is 0 Å². The van der Waals surface area contributed by atoms with Crippen molar-refractivity contribution >= 4 is 27.8 Å². The lowest BCUT2D eigenvalue weighted by Gasteiger charge is -2.18. The molecule has 172 valence electrons. The van der Waals surface area contributed by atoms with Crippen molar-refractivity contribution in [2.24, 2.45) is 0 Å². The van der Waals surface area contributed by atoms with Crippen LogP contribution in [0.4, 0.5) is 0 Å².